The number of amides is 2. The average Bonchev–Trinajstić information content (AvgIpc) is 2.59. The first-order valence-corrected chi connectivity index (χ1v) is 8.71. The molecule has 8 heteroatoms. The number of rotatable bonds is 5. The van der Waals surface area contributed by atoms with E-state index in [1.165, 1.54) is 12.1 Å². The first-order valence-electron chi connectivity index (χ1n) is 7.30. The van der Waals surface area contributed by atoms with Crippen LogP contribution in [0.2, 0.25) is 0 Å². The van der Waals surface area contributed by atoms with Crippen molar-refractivity contribution in [2.45, 2.75) is 0 Å². The Morgan fingerprint density at radius 3 is 2.24 bits per heavy atom. The van der Waals surface area contributed by atoms with Crippen LogP contribution in [0.25, 0.3) is 10.8 Å². The highest BCUT2D eigenvalue weighted by molar-refractivity contribution is 7.85. The first-order chi connectivity index (χ1) is 11.9. The second-order valence-electron chi connectivity index (χ2n) is 5.15. The van der Waals surface area contributed by atoms with Crippen molar-refractivity contribution >= 4 is 32.8 Å². The van der Waals surface area contributed by atoms with E-state index < -0.39 is 16.3 Å². The summed E-state index contributed by atoms with van der Waals surface area (Å²) in [6, 6.07) is 19.4. The number of hydrogen-bond acceptors (Lipinski definition) is 4. The smallest absolute Gasteiger partial charge is 0.370 e. The average molecular weight is 357 g/mol. The molecular formula is C17H15N3O4S. The lowest BCUT2D eigenvalue weighted by Gasteiger charge is -2.21. The maximum absolute atomic E-state index is 12.2. The molecule has 0 aliphatic heterocycles. The van der Waals surface area contributed by atoms with Gasteiger partial charge in [0.15, 0.2) is 0 Å². The van der Waals surface area contributed by atoms with Gasteiger partial charge in [-0.1, -0.05) is 53.4 Å². The van der Waals surface area contributed by atoms with Crippen LogP contribution in [-0.4, -0.2) is 14.4 Å². The molecule has 3 N–H and O–H groups in total. The normalized spacial score (nSPS) is 11.2. The molecule has 0 aliphatic carbocycles. The van der Waals surface area contributed by atoms with Gasteiger partial charge in [0.05, 0.1) is 5.69 Å². The van der Waals surface area contributed by atoms with Gasteiger partial charge >= 0.3 is 16.3 Å². The first kappa shape index (κ1) is 16.7. The summed E-state index contributed by atoms with van der Waals surface area (Å²) in [6.07, 6.45) is 0. The summed E-state index contributed by atoms with van der Waals surface area (Å²) in [5, 5.41) is 2.48. The van der Waals surface area contributed by atoms with Gasteiger partial charge < -0.3 is 9.92 Å². The van der Waals surface area contributed by atoms with Crippen LogP contribution in [0.4, 0.5) is 10.5 Å². The van der Waals surface area contributed by atoms with Crippen LogP contribution in [0, 0.1) is 0 Å². The van der Waals surface area contributed by atoms with Crippen molar-refractivity contribution in [3.05, 3.63) is 72.8 Å². The summed E-state index contributed by atoms with van der Waals surface area (Å²) >= 11 is 0. The molecule has 0 atom stereocenters. The predicted molar refractivity (Wildman–Crippen MR) is 95.1 cm³/mol. The number of fused-ring (bicyclic) bond motifs is 1. The van der Waals surface area contributed by atoms with Gasteiger partial charge in [0.25, 0.3) is 0 Å². The molecule has 0 saturated carbocycles. The molecular weight excluding hydrogens is 342 g/mol. The van der Waals surface area contributed by atoms with E-state index in [4.69, 9.17) is 9.92 Å². The molecule has 0 fully saturated rings. The molecule has 3 rings (SSSR count). The van der Waals surface area contributed by atoms with Crippen LogP contribution < -0.4 is 19.8 Å². The number of hydrogen-bond donors (Lipinski definition) is 2. The van der Waals surface area contributed by atoms with Crippen LogP contribution in [0.3, 0.4) is 0 Å². The lowest BCUT2D eigenvalue weighted by molar-refractivity contribution is 0.252. The third-order valence-corrected chi connectivity index (χ3v) is 4.18. The number of carbonyl (C=O) groups excluding carboxylic acids is 1. The van der Waals surface area contributed by atoms with Gasteiger partial charge in [-0.05, 0) is 35.0 Å². The minimum absolute atomic E-state index is 0.109. The van der Waals surface area contributed by atoms with E-state index >= 15 is 0 Å². The zero-order valence-corrected chi connectivity index (χ0v) is 13.8. The van der Waals surface area contributed by atoms with Crippen molar-refractivity contribution in [2.24, 2.45) is 5.73 Å². The lowest BCUT2D eigenvalue weighted by Crippen LogP contribution is -2.50. The molecule has 3 aromatic carbocycles. The Kier molecular flexibility index (Phi) is 4.55. The number of nitrogens with zero attached hydrogens (tertiary/aromatic N) is 1. The van der Waals surface area contributed by atoms with E-state index in [0.717, 1.165) is 10.8 Å². The highest BCUT2D eigenvalue weighted by Crippen LogP contribution is 2.21. The summed E-state index contributed by atoms with van der Waals surface area (Å²) in [5.74, 6) is 0.109. The molecule has 0 aliphatic rings. The Hall–Kier alpha value is -3.10. The second-order valence-corrected chi connectivity index (χ2v) is 6.40. The van der Waals surface area contributed by atoms with Crippen LogP contribution in [-0.2, 0) is 10.3 Å². The van der Waals surface area contributed by atoms with E-state index in [1.54, 1.807) is 36.4 Å². The molecule has 0 heterocycles. The number of nitrogens with two attached hydrogens (primary N) is 1. The minimum Gasteiger partial charge on any atom is -0.370 e. The molecule has 0 saturated heterocycles. The monoisotopic (exact) mass is 357 g/mol. The van der Waals surface area contributed by atoms with Crippen molar-refractivity contribution < 1.29 is 17.4 Å². The maximum Gasteiger partial charge on any atom is 0.400 e. The summed E-state index contributed by atoms with van der Waals surface area (Å²) in [5.41, 5.74) is 5.59. The van der Waals surface area contributed by atoms with E-state index in [-0.39, 0.29) is 11.4 Å². The quantitative estimate of drug-likeness (QED) is 0.685. The van der Waals surface area contributed by atoms with Gasteiger partial charge in [-0.15, -0.1) is 0 Å². The van der Waals surface area contributed by atoms with Crippen molar-refractivity contribution in [2.75, 3.05) is 5.01 Å². The molecule has 7 nitrogen and oxygen atoms in total. The highest BCUT2D eigenvalue weighted by Gasteiger charge is 2.22. The van der Waals surface area contributed by atoms with E-state index in [9.17, 15) is 13.2 Å². The Bertz CT molecular complexity index is 1010. The maximum atomic E-state index is 12.2. The molecule has 25 heavy (non-hydrogen) atoms. The Morgan fingerprint density at radius 1 is 0.920 bits per heavy atom. The Balaban J connectivity index is 1.88. The molecule has 2 amide bonds. The second kappa shape index (κ2) is 6.80. The van der Waals surface area contributed by atoms with Crippen LogP contribution >= 0.6 is 0 Å². The van der Waals surface area contributed by atoms with Crippen molar-refractivity contribution in [1.29, 1.82) is 0 Å². The summed E-state index contributed by atoms with van der Waals surface area (Å²) in [4.78, 5) is 13.8. The van der Waals surface area contributed by atoms with Gasteiger partial charge in [0, 0.05) is 0 Å². The van der Waals surface area contributed by atoms with Crippen LogP contribution in [0.15, 0.2) is 72.8 Å². The van der Waals surface area contributed by atoms with E-state index in [0.29, 0.717) is 5.01 Å². The molecule has 3 aromatic rings. The third-order valence-electron chi connectivity index (χ3n) is 3.36. The van der Waals surface area contributed by atoms with E-state index in [1.807, 2.05) is 29.1 Å². The van der Waals surface area contributed by atoms with Crippen LogP contribution in [0.5, 0.6) is 5.75 Å². The number of nitrogens with one attached hydrogen (secondary N) is 1. The zero-order valence-electron chi connectivity index (χ0n) is 13.0. The Labute approximate surface area is 144 Å². The molecule has 0 spiro atoms. The molecule has 0 aromatic heterocycles. The number of urea groups is 1. The third kappa shape index (κ3) is 4.06. The number of benzene rings is 3. The van der Waals surface area contributed by atoms with Gasteiger partial charge in [-0.2, -0.15) is 8.42 Å². The lowest BCUT2D eigenvalue weighted by atomic mass is 10.1. The fourth-order valence-corrected chi connectivity index (χ4v) is 3.09. The molecule has 0 bridgehead atoms. The van der Waals surface area contributed by atoms with Crippen molar-refractivity contribution in [1.82, 2.24) is 4.83 Å². The minimum atomic E-state index is -4.31. The van der Waals surface area contributed by atoms with Gasteiger partial charge in [0.1, 0.15) is 5.75 Å². The topological polar surface area (TPSA) is 102 Å². The van der Waals surface area contributed by atoms with Crippen molar-refractivity contribution in [3.63, 3.8) is 0 Å². The number of anilines is 1. The molecule has 0 unspecified atom stereocenters. The number of para-hydroxylation sites is 1. The van der Waals surface area contributed by atoms with Gasteiger partial charge in [-0.25, -0.2) is 9.80 Å². The molecule has 128 valence electrons. The highest BCUT2D eigenvalue weighted by atomic mass is 32.2. The fourth-order valence-electron chi connectivity index (χ4n) is 2.27. The number of carbonyl (C=O) groups is 1. The standard InChI is InChI=1S/C17H15N3O4S/c18-17(21)20(15-11-10-13-6-4-5-7-14(13)12-15)19-25(22,23)24-16-8-2-1-3-9-16/h1-12,19H,(H2,18,21). The SMILES string of the molecule is NC(=O)N(NS(=O)(=O)Oc1ccccc1)c1ccc2ccccc2c1. The fraction of sp³-hybridized carbons (Fsp3) is 0. The zero-order chi connectivity index (χ0) is 17.9. The number of hydrazine groups is 1. The van der Waals surface area contributed by atoms with Gasteiger partial charge in [-0.3, -0.25) is 0 Å². The molecule has 0 radical (unpaired) electrons. The summed E-state index contributed by atoms with van der Waals surface area (Å²) in [6.45, 7) is 0. The summed E-state index contributed by atoms with van der Waals surface area (Å²) < 4.78 is 29.2. The number of primary amides is 1. The summed E-state index contributed by atoms with van der Waals surface area (Å²) in [7, 11) is -4.31. The predicted octanol–water partition coefficient (Wildman–Crippen LogP) is 2.55. The van der Waals surface area contributed by atoms with Gasteiger partial charge in [0.2, 0.25) is 0 Å². The van der Waals surface area contributed by atoms with Crippen molar-refractivity contribution in [3.8, 4) is 5.75 Å². The Morgan fingerprint density at radius 2 is 1.56 bits per heavy atom. The van der Waals surface area contributed by atoms with Crippen LogP contribution in [0.1, 0.15) is 0 Å². The van der Waals surface area contributed by atoms with E-state index in [2.05, 4.69) is 0 Å². The largest absolute Gasteiger partial charge is 0.400 e.